The van der Waals surface area contributed by atoms with Crippen LogP contribution in [0.1, 0.15) is 17.9 Å². The summed E-state index contributed by atoms with van der Waals surface area (Å²) in [6.45, 7) is 2.94. The number of nitrogens with zero attached hydrogens (tertiary/aromatic N) is 1. The maximum Gasteiger partial charge on any atom is 0.344 e. The summed E-state index contributed by atoms with van der Waals surface area (Å²) in [6, 6.07) is 15.4. The fraction of sp³-hybridized carbons (Fsp3) is 0.350. The lowest BCUT2D eigenvalue weighted by Gasteiger charge is -2.16. The summed E-state index contributed by atoms with van der Waals surface area (Å²) < 4.78 is 10.6. The van der Waals surface area contributed by atoms with E-state index >= 15 is 0 Å². The average molecular weight is 394 g/mol. The van der Waals surface area contributed by atoms with Crippen LogP contribution in [0.15, 0.2) is 48.5 Å². The van der Waals surface area contributed by atoms with Crippen molar-refractivity contribution in [2.24, 2.45) is 0 Å². The highest BCUT2D eigenvalue weighted by atomic mass is 35.5. The summed E-state index contributed by atoms with van der Waals surface area (Å²) in [5, 5.41) is 0.888. The molecule has 26 heavy (non-hydrogen) atoms. The molecule has 3 rings (SSSR count). The van der Waals surface area contributed by atoms with Crippen LogP contribution in [-0.4, -0.2) is 43.7 Å². The molecule has 0 aliphatic carbocycles. The SMILES string of the molecule is O=C(COc1ccc(Cl)cc1Cl)OCCN1CCC(c2ccccc2)C1. The van der Waals surface area contributed by atoms with E-state index in [4.69, 9.17) is 32.7 Å². The standard InChI is InChI=1S/C20H21Cl2NO3/c21-17-6-7-19(18(22)12-17)26-14-20(24)25-11-10-23-9-8-16(13-23)15-4-2-1-3-5-15/h1-7,12,16H,8-11,13-14H2. The Morgan fingerprint density at radius 2 is 1.96 bits per heavy atom. The number of rotatable bonds is 7. The van der Waals surface area contributed by atoms with E-state index in [0.717, 1.165) is 26.1 Å². The van der Waals surface area contributed by atoms with Gasteiger partial charge in [-0.15, -0.1) is 0 Å². The van der Waals surface area contributed by atoms with E-state index in [0.29, 0.717) is 28.3 Å². The summed E-state index contributed by atoms with van der Waals surface area (Å²) in [7, 11) is 0. The summed E-state index contributed by atoms with van der Waals surface area (Å²) in [6.07, 6.45) is 1.14. The normalized spacial score (nSPS) is 17.2. The van der Waals surface area contributed by atoms with Crippen LogP contribution in [0.4, 0.5) is 0 Å². The van der Waals surface area contributed by atoms with E-state index in [1.54, 1.807) is 18.2 Å². The van der Waals surface area contributed by atoms with Gasteiger partial charge in [0.2, 0.25) is 0 Å². The Kier molecular flexibility index (Phi) is 6.78. The van der Waals surface area contributed by atoms with Crippen LogP contribution in [0.25, 0.3) is 0 Å². The molecule has 1 aliphatic rings. The molecule has 1 unspecified atom stereocenters. The molecule has 6 heteroatoms. The second-order valence-electron chi connectivity index (χ2n) is 6.28. The first kappa shape index (κ1) is 19.0. The van der Waals surface area contributed by atoms with Crippen molar-refractivity contribution in [2.45, 2.75) is 12.3 Å². The van der Waals surface area contributed by atoms with Crippen molar-refractivity contribution in [2.75, 3.05) is 32.8 Å². The van der Waals surface area contributed by atoms with Crippen molar-refractivity contribution in [3.8, 4) is 5.75 Å². The van der Waals surface area contributed by atoms with Crippen molar-refractivity contribution in [1.29, 1.82) is 0 Å². The zero-order valence-corrected chi connectivity index (χ0v) is 15.9. The van der Waals surface area contributed by atoms with Gasteiger partial charge >= 0.3 is 5.97 Å². The third kappa shape index (κ3) is 5.37. The molecule has 1 fully saturated rings. The first-order chi connectivity index (χ1) is 12.6. The Balaban J connectivity index is 1.35. The van der Waals surface area contributed by atoms with Crippen LogP contribution in [0.5, 0.6) is 5.75 Å². The predicted octanol–water partition coefficient (Wildman–Crippen LogP) is 4.40. The second-order valence-corrected chi connectivity index (χ2v) is 7.12. The van der Waals surface area contributed by atoms with E-state index < -0.39 is 5.97 Å². The lowest BCUT2D eigenvalue weighted by atomic mass is 9.99. The largest absolute Gasteiger partial charge is 0.480 e. The zero-order valence-electron chi connectivity index (χ0n) is 14.4. The molecule has 2 aromatic carbocycles. The highest BCUT2D eigenvalue weighted by Gasteiger charge is 2.23. The minimum atomic E-state index is -0.408. The van der Waals surface area contributed by atoms with E-state index in [1.807, 2.05) is 6.07 Å². The second kappa shape index (κ2) is 9.26. The molecule has 1 saturated heterocycles. The number of esters is 1. The van der Waals surface area contributed by atoms with Crippen molar-refractivity contribution in [3.05, 3.63) is 64.1 Å². The Hall–Kier alpha value is -1.75. The Bertz CT molecular complexity index is 739. The molecule has 1 atom stereocenters. The summed E-state index contributed by atoms with van der Waals surface area (Å²) in [5.74, 6) is 0.565. The van der Waals surface area contributed by atoms with Crippen molar-refractivity contribution in [3.63, 3.8) is 0 Å². The van der Waals surface area contributed by atoms with Crippen LogP contribution in [0.3, 0.4) is 0 Å². The predicted molar refractivity (Wildman–Crippen MR) is 103 cm³/mol. The summed E-state index contributed by atoms with van der Waals surface area (Å²) >= 11 is 11.8. The van der Waals surface area contributed by atoms with Gasteiger partial charge in [-0.05, 0) is 42.6 Å². The number of hydrogen-bond acceptors (Lipinski definition) is 4. The van der Waals surface area contributed by atoms with Crippen molar-refractivity contribution < 1.29 is 14.3 Å². The topological polar surface area (TPSA) is 38.8 Å². The fourth-order valence-electron chi connectivity index (χ4n) is 3.09. The molecular formula is C20H21Cl2NO3. The molecule has 0 aromatic heterocycles. The third-order valence-electron chi connectivity index (χ3n) is 4.45. The minimum absolute atomic E-state index is 0.173. The minimum Gasteiger partial charge on any atom is -0.480 e. The number of carbonyl (C=O) groups is 1. The monoisotopic (exact) mass is 393 g/mol. The molecule has 2 aromatic rings. The van der Waals surface area contributed by atoms with E-state index in [2.05, 4.69) is 29.2 Å². The number of carbonyl (C=O) groups excluding carboxylic acids is 1. The van der Waals surface area contributed by atoms with Gasteiger partial charge in [0.1, 0.15) is 12.4 Å². The van der Waals surface area contributed by atoms with Gasteiger partial charge in [-0.1, -0.05) is 53.5 Å². The molecule has 0 N–H and O–H groups in total. The van der Waals surface area contributed by atoms with Gasteiger partial charge < -0.3 is 9.47 Å². The molecule has 0 bridgehead atoms. The molecule has 0 amide bonds. The van der Waals surface area contributed by atoms with E-state index in [1.165, 1.54) is 5.56 Å². The first-order valence-electron chi connectivity index (χ1n) is 8.62. The van der Waals surface area contributed by atoms with Crippen LogP contribution < -0.4 is 4.74 Å². The smallest absolute Gasteiger partial charge is 0.344 e. The molecule has 0 spiro atoms. The number of hydrogen-bond donors (Lipinski definition) is 0. The van der Waals surface area contributed by atoms with Gasteiger partial charge in [-0.25, -0.2) is 4.79 Å². The number of benzene rings is 2. The van der Waals surface area contributed by atoms with Crippen LogP contribution in [-0.2, 0) is 9.53 Å². The van der Waals surface area contributed by atoms with E-state index in [-0.39, 0.29) is 6.61 Å². The van der Waals surface area contributed by atoms with Gasteiger partial charge in [-0.2, -0.15) is 0 Å². The van der Waals surface area contributed by atoms with Gasteiger partial charge in [-0.3, -0.25) is 4.90 Å². The molecular weight excluding hydrogens is 373 g/mol. The van der Waals surface area contributed by atoms with Crippen LogP contribution in [0.2, 0.25) is 10.0 Å². The number of ether oxygens (including phenoxy) is 2. The van der Waals surface area contributed by atoms with Crippen LogP contribution >= 0.6 is 23.2 Å². The molecule has 0 saturated carbocycles. The number of halogens is 2. The third-order valence-corrected chi connectivity index (χ3v) is 4.98. The lowest BCUT2D eigenvalue weighted by Crippen LogP contribution is -2.27. The fourth-order valence-corrected chi connectivity index (χ4v) is 3.56. The van der Waals surface area contributed by atoms with Crippen molar-refractivity contribution in [1.82, 2.24) is 4.90 Å². The van der Waals surface area contributed by atoms with Gasteiger partial charge in [0.05, 0.1) is 5.02 Å². The Labute approximate surface area is 163 Å². The lowest BCUT2D eigenvalue weighted by molar-refractivity contribution is -0.146. The maximum atomic E-state index is 11.8. The highest BCUT2D eigenvalue weighted by molar-refractivity contribution is 6.35. The Morgan fingerprint density at radius 3 is 2.73 bits per heavy atom. The molecule has 4 nitrogen and oxygen atoms in total. The van der Waals surface area contributed by atoms with E-state index in [9.17, 15) is 4.79 Å². The molecule has 1 aliphatic heterocycles. The van der Waals surface area contributed by atoms with Crippen LogP contribution in [0, 0.1) is 0 Å². The van der Waals surface area contributed by atoms with Crippen molar-refractivity contribution >= 4 is 29.2 Å². The highest BCUT2D eigenvalue weighted by Crippen LogP contribution is 2.28. The summed E-state index contributed by atoms with van der Waals surface area (Å²) in [5.41, 5.74) is 1.38. The van der Waals surface area contributed by atoms with Gasteiger partial charge in [0, 0.05) is 18.1 Å². The maximum absolute atomic E-state index is 11.8. The molecule has 1 heterocycles. The molecule has 0 radical (unpaired) electrons. The quantitative estimate of drug-likeness (QED) is 0.653. The first-order valence-corrected chi connectivity index (χ1v) is 9.38. The zero-order chi connectivity index (χ0) is 18.4. The van der Waals surface area contributed by atoms with Gasteiger partial charge in [0.25, 0.3) is 0 Å². The molecule has 138 valence electrons. The Morgan fingerprint density at radius 1 is 1.15 bits per heavy atom. The summed E-state index contributed by atoms with van der Waals surface area (Å²) in [4.78, 5) is 14.1. The van der Waals surface area contributed by atoms with Gasteiger partial charge in [0.15, 0.2) is 6.61 Å². The number of likely N-dealkylation sites (tertiary alicyclic amines) is 1. The average Bonchev–Trinajstić information content (AvgIpc) is 3.11.